The van der Waals surface area contributed by atoms with Crippen molar-refractivity contribution in [2.45, 2.75) is 34.1 Å². The lowest BCUT2D eigenvalue weighted by Gasteiger charge is -2.07. The molecule has 0 aliphatic carbocycles. The van der Waals surface area contributed by atoms with E-state index in [0.29, 0.717) is 0 Å². The lowest BCUT2D eigenvalue weighted by atomic mass is 10.1. The zero-order valence-corrected chi connectivity index (χ0v) is 9.44. The van der Waals surface area contributed by atoms with Crippen molar-refractivity contribution >= 4 is 5.69 Å². The molecular weight excluding hydrogens is 158 g/mol. The summed E-state index contributed by atoms with van der Waals surface area (Å²) in [6.45, 7) is 8.47. The second-order valence-corrected chi connectivity index (χ2v) is 3.22. The van der Waals surface area contributed by atoms with Crippen molar-refractivity contribution in [3.8, 4) is 0 Å². The minimum absolute atomic E-state index is 0. The number of hydrogen-bond acceptors (Lipinski definition) is 1. The van der Waals surface area contributed by atoms with Crippen LogP contribution in [0.3, 0.4) is 0 Å². The first-order chi connectivity index (χ1) is 6.17. The average molecular weight is 181 g/mol. The lowest BCUT2D eigenvalue weighted by Crippen LogP contribution is -1.93. The third-order valence-electron chi connectivity index (χ3n) is 1.73. The van der Waals surface area contributed by atoms with Gasteiger partial charge in [0.15, 0.2) is 0 Å². The number of nitrogens with one attached hydrogen (secondary N) is 1. The van der Waals surface area contributed by atoms with E-state index in [-0.39, 0.29) is 1.43 Å². The molecular formula is C12H23N. The highest BCUT2D eigenvalue weighted by Crippen LogP contribution is 2.17. The summed E-state index contributed by atoms with van der Waals surface area (Å²) in [6.07, 6.45) is 1.25. The largest absolute Gasteiger partial charge is 0.388 e. The summed E-state index contributed by atoms with van der Waals surface area (Å²) in [5.41, 5.74) is 3.87. The van der Waals surface area contributed by atoms with Crippen LogP contribution in [0.25, 0.3) is 0 Å². The van der Waals surface area contributed by atoms with Gasteiger partial charge in [0, 0.05) is 14.2 Å². The first-order valence-corrected chi connectivity index (χ1v) is 4.91. The summed E-state index contributed by atoms with van der Waals surface area (Å²) in [4.78, 5) is 0. The summed E-state index contributed by atoms with van der Waals surface area (Å²) in [7, 11) is 1.95. The first-order valence-electron chi connectivity index (χ1n) is 4.91. The van der Waals surface area contributed by atoms with E-state index in [1.165, 1.54) is 23.2 Å². The Morgan fingerprint density at radius 2 is 1.54 bits per heavy atom. The Bertz CT molecular complexity index is 226. The Labute approximate surface area is 83.7 Å². The molecule has 0 radical (unpaired) electrons. The molecule has 1 aromatic carbocycles. The van der Waals surface area contributed by atoms with Gasteiger partial charge in [0.1, 0.15) is 0 Å². The molecule has 0 bridgehead atoms. The van der Waals surface area contributed by atoms with Crippen LogP contribution >= 0.6 is 0 Å². The molecule has 1 nitrogen and oxygen atoms in total. The third kappa shape index (κ3) is 3.97. The molecule has 0 atom stereocenters. The van der Waals surface area contributed by atoms with Gasteiger partial charge in [0.25, 0.3) is 0 Å². The highest BCUT2D eigenvalue weighted by molar-refractivity contribution is 5.55. The standard InChI is InChI=1S/C9H13N.C3H8.H2/c1-7-5-4-6-8(2)9(7)10-3;1-3-2;/h4-6,10H,1-3H3;3H2,1-2H3;1H. The van der Waals surface area contributed by atoms with Crippen molar-refractivity contribution in [3.63, 3.8) is 0 Å². The van der Waals surface area contributed by atoms with Crippen molar-refractivity contribution in [2.24, 2.45) is 0 Å². The molecule has 0 fully saturated rings. The molecule has 1 N–H and O–H groups in total. The molecule has 76 valence electrons. The van der Waals surface area contributed by atoms with Gasteiger partial charge in [-0.25, -0.2) is 0 Å². The molecule has 0 aromatic heterocycles. The molecule has 1 aromatic rings. The van der Waals surface area contributed by atoms with Crippen LogP contribution in [-0.2, 0) is 0 Å². The molecule has 0 aliphatic heterocycles. The normalized spacial score (nSPS) is 8.69. The minimum atomic E-state index is 0. The summed E-state index contributed by atoms with van der Waals surface area (Å²) in [5, 5.41) is 3.16. The second-order valence-electron chi connectivity index (χ2n) is 3.22. The molecule has 1 heteroatoms. The van der Waals surface area contributed by atoms with Gasteiger partial charge in [-0.15, -0.1) is 0 Å². The Morgan fingerprint density at radius 3 is 1.77 bits per heavy atom. The van der Waals surface area contributed by atoms with E-state index in [9.17, 15) is 0 Å². The van der Waals surface area contributed by atoms with E-state index in [0.717, 1.165) is 0 Å². The van der Waals surface area contributed by atoms with Gasteiger partial charge in [-0.1, -0.05) is 38.5 Å². The average Bonchev–Trinajstić information content (AvgIpc) is 2.06. The minimum Gasteiger partial charge on any atom is -0.388 e. The van der Waals surface area contributed by atoms with Gasteiger partial charge < -0.3 is 5.32 Å². The highest BCUT2D eigenvalue weighted by atomic mass is 14.8. The predicted molar refractivity (Wildman–Crippen MR) is 63.5 cm³/mol. The van der Waals surface area contributed by atoms with Gasteiger partial charge in [0.2, 0.25) is 0 Å². The molecule has 0 amide bonds. The van der Waals surface area contributed by atoms with E-state index >= 15 is 0 Å². The molecule has 1 rings (SSSR count). The number of anilines is 1. The molecule has 0 aliphatic rings. The van der Waals surface area contributed by atoms with Crippen LogP contribution in [0.2, 0.25) is 0 Å². The van der Waals surface area contributed by atoms with E-state index < -0.39 is 0 Å². The maximum atomic E-state index is 3.16. The molecule has 13 heavy (non-hydrogen) atoms. The number of rotatable bonds is 1. The van der Waals surface area contributed by atoms with Crippen molar-refractivity contribution in [2.75, 3.05) is 12.4 Å². The monoisotopic (exact) mass is 181 g/mol. The van der Waals surface area contributed by atoms with Crippen molar-refractivity contribution in [3.05, 3.63) is 29.3 Å². The van der Waals surface area contributed by atoms with E-state index in [2.05, 4.69) is 51.2 Å². The van der Waals surface area contributed by atoms with E-state index in [1.54, 1.807) is 0 Å². The molecule has 0 unspecified atom stereocenters. The first kappa shape index (κ1) is 12.0. The smallest absolute Gasteiger partial charge is 0.0396 e. The zero-order chi connectivity index (χ0) is 10.3. The Hall–Kier alpha value is -0.980. The Kier molecular flexibility index (Phi) is 6.03. The predicted octanol–water partition coefficient (Wildman–Crippen LogP) is 4.01. The van der Waals surface area contributed by atoms with Crippen LogP contribution in [0, 0.1) is 13.8 Å². The number of aryl methyl sites for hydroxylation is 2. The fraction of sp³-hybridized carbons (Fsp3) is 0.500. The molecule has 0 saturated carbocycles. The van der Waals surface area contributed by atoms with Crippen LogP contribution < -0.4 is 5.32 Å². The fourth-order valence-corrected chi connectivity index (χ4v) is 1.21. The number of para-hydroxylation sites is 1. The summed E-state index contributed by atoms with van der Waals surface area (Å²) >= 11 is 0. The van der Waals surface area contributed by atoms with Crippen LogP contribution in [0.15, 0.2) is 18.2 Å². The molecule has 0 heterocycles. The highest BCUT2D eigenvalue weighted by Gasteiger charge is 1.96. The van der Waals surface area contributed by atoms with Gasteiger partial charge in [0.05, 0.1) is 0 Å². The fourth-order valence-electron chi connectivity index (χ4n) is 1.21. The van der Waals surface area contributed by atoms with E-state index in [4.69, 9.17) is 0 Å². The number of benzene rings is 1. The van der Waals surface area contributed by atoms with Crippen molar-refractivity contribution in [1.82, 2.24) is 0 Å². The van der Waals surface area contributed by atoms with E-state index in [1.807, 2.05) is 7.05 Å². The Morgan fingerprint density at radius 1 is 1.15 bits per heavy atom. The van der Waals surface area contributed by atoms with Gasteiger partial charge in [-0.05, 0) is 25.0 Å². The molecule has 0 saturated heterocycles. The van der Waals surface area contributed by atoms with Crippen molar-refractivity contribution in [1.29, 1.82) is 0 Å². The zero-order valence-electron chi connectivity index (χ0n) is 9.44. The van der Waals surface area contributed by atoms with Gasteiger partial charge >= 0.3 is 0 Å². The van der Waals surface area contributed by atoms with Gasteiger partial charge in [-0.2, -0.15) is 0 Å². The third-order valence-corrected chi connectivity index (χ3v) is 1.73. The maximum absolute atomic E-state index is 3.16. The second kappa shape index (κ2) is 6.53. The van der Waals surface area contributed by atoms with Crippen molar-refractivity contribution < 1.29 is 1.43 Å². The topological polar surface area (TPSA) is 12.0 Å². The Balaban J connectivity index is 0. The SMILES string of the molecule is CCC.CNc1c(C)cccc1C.[HH]. The van der Waals surface area contributed by atoms with Crippen LogP contribution in [0.4, 0.5) is 5.69 Å². The number of hydrogen-bond donors (Lipinski definition) is 1. The van der Waals surface area contributed by atoms with Crippen LogP contribution in [-0.4, -0.2) is 7.05 Å². The quantitative estimate of drug-likeness (QED) is 0.690. The van der Waals surface area contributed by atoms with Crippen LogP contribution in [0.5, 0.6) is 0 Å². The summed E-state index contributed by atoms with van der Waals surface area (Å²) < 4.78 is 0. The van der Waals surface area contributed by atoms with Crippen LogP contribution in [0.1, 0.15) is 32.8 Å². The lowest BCUT2D eigenvalue weighted by molar-refractivity contribution is 1.09. The summed E-state index contributed by atoms with van der Waals surface area (Å²) in [6, 6.07) is 6.29. The molecule has 0 spiro atoms. The van der Waals surface area contributed by atoms with Gasteiger partial charge in [-0.3, -0.25) is 0 Å². The maximum Gasteiger partial charge on any atom is 0.0396 e. The summed E-state index contributed by atoms with van der Waals surface area (Å²) in [5.74, 6) is 0.